The number of ether oxygens (including phenoxy) is 1. The summed E-state index contributed by atoms with van der Waals surface area (Å²) in [6, 6.07) is 0. The summed E-state index contributed by atoms with van der Waals surface area (Å²) < 4.78 is 5.61. The normalized spacial score (nSPS) is 23.3. The van der Waals surface area contributed by atoms with E-state index in [2.05, 4.69) is 46.8 Å². The smallest absolute Gasteiger partial charge is 0.0892 e. The minimum atomic E-state index is 0.153. The summed E-state index contributed by atoms with van der Waals surface area (Å²) in [6.07, 6.45) is 12.5. The van der Waals surface area contributed by atoms with Crippen molar-refractivity contribution in [1.82, 2.24) is 0 Å². The van der Waals surface area contributed by atoms with Crippen LogP contribution in [0.4, 0.5) is 0 Å². The molecule has 1 nitrogen and oxygen atoms in total. The van der Waals surface area contributed by atoms with E-state index in [1.54, 1.807) is 0 Å². The average Bonchev–Trinajstić information content (AvgIpc) is 2.92. The highest BCUT2D eigenvalue weighted by molar-refractivity contribution is 5.05. The van der Waals surface area contributed by atoms with Crippen molar-refractivity contribution in [3.63, 3.8) is 0 Å². The molecular formula is C17H30O. The zero-order valence-electron chi connectivity index (χ0n) is 12.9. The number of hydrogen-bond donors (Lipinski definition) is 0. The number of allylic oxidation sites excluding steroid dienone is 4. The Labute approximate surface area is 113 Å². The zero-order chi connectivity index (χ0) is 13.6. The first-order valence-electron chi connectivity index (χ1n) is 7.44. The van der Waals surface area contributed by atoms with Crippen molar-refractivity contribution in [2.24, 2.45) is 0 Å². The Hall–Kier alpha value is -0.560. The fourth-order valence-electron chi connectivity index (χ4n) is 2.24. The Morgan fingerprint density at radius 2 is 1.61 bits per heavy atom. The van der Waals surface area contributed by atoms with Crippen molar-refractivity contribution in [1.29, 1.82) is 0 Å². The molecule has 104 valence electrons. The monoisotopic (exact) mass is 250 g/mol. The Bertz CT molecular complexity index is 310. The molecule has 0 radical (unpaired) electrons. The van der Waals surface area contributed by atoms with Crippen LogP contribution in [0, 0.1) is 0 Å². The van der Waals surface area contributed by atoms with Gasteiger partial charge in [-0.05, 0) is 59.8 Å². The van der Waals surface area contributed by atoms with Crippen molar-refractivity contribution in [3.05, 3.63) is 23.3 Å². The second kappa shape index (κ2) is 7.13. The highest BCUT2D eigenvalue weighted by atomic mass is 16.6. The molecule has 0 saturated carbocycles. The third-order valence-corrected chi connectivity index (χ3v) is 3.78. The molecule has 1 unspecified atom stereocenters. The predicted octanol–water partition coefficient (Wildman–Crippen LogP) is 5.42. The zero-order valence-corrected chi connectivity index (χ0v) is 12.9. The molecule has 1 aliphatic heterocycles. The summed E-state index contributed by atoms with van der Waals surface area (Å²) in [5.74, 6) is 0. The fourth-order valence-corrected chi connectivity index (χ4v) is 2.24. The Balaban J connectivity index is 2.14. The van der Waals surface area contributed by atoms with Crippen LogP contribution < -0.4 is 0 Å². The quantitative estimate of drug-likeness (QED) is 0.414. The third-order valence-electron chi connectivity index (χ3n) is 3.78. The van der Waals surface area contributed by atoms with Gasteiger partial charge in [0.2, 0.25) is 0 Å². The van der Waals surface area contributed by atoms with E-state index in [9.17, 15) is 0 Å². The van der Waals surface area contributed by atoms with Crippen LogP contribution in [0.1, 0.15) is 73.1 Å². The summed E-state index contributed by atoms with van der Waals surface area (Å²) in [5.41, 5.74) is 3.21. The van der Waals surface area contributed by atoms with Gasteiger partial charge in [-0.3, -0.25) is 0 Å². The van der Waals surface area contributed by atoms with E-state index in [0.717, 1.165) is 0 Å². The number of rotatable bonds is 8. The van der Waals surface area contributed by atoms with Crippen LogP contribution >= 0.6 is 0 Å². The van der Waals surface area contributed by atoms with Crippen molar-refractivity contribution < 1.29 is 4.74 Å². The Kier molecular flexibility index (Phi) is 6.14. The summed E-state index contributed by atoms with van der Waals surface area (Å²) in [5, 5.41) is 0. The van der Waals surface area contributed by atoms with Crippen LogP contribution in [-0.4, -0.2) is 11.7 Å². The molecule has 1 rings (SSSR count). The first-order valence-corrected chi connectivity index (χ1v) is 7.44. The number of unbranched alkanes of at least 4 members (excludes halogenated alkanes) is 1. The van der Waals surface area contributed by atoms with E-state index in [1.165, 1.54) is 49.7 Å². The van der Waals surface area contributed by atoms with E-state index in [1.807, 2.05) is 0 Å². The lowest BCUT2D eigenvalue weighted by molar-refractivity contribution is 0.320. The molecule has 0 N–H and O–H groups in total. The highest BCUT2D eigenvalue weighted by Crippen LogP contribution is 2.38. The van der Waals surface area contributed by atoms with Crippen LogP contribution in [-0.2, 0) is 4.74 Å². The third kappa shape index (κ3) is 5.86. The van der Waals surface area contributed by atoms with Crippen molar-refractivity contribution in [2.75, 3.05) is 0 Å². The van der Waals surface area contributed by atoms with Gasteiger partial charge in [-0.25, -0.2) is 0 Å². The molecule has 0 spiro atoms. The summed E-state index contributed by atoms with van der Waals surface area (Å²) in [7, 11) is 0. The van der Waals surface area contributed by atoms with Gasteiger partial charge < -0.3 is 4.74 Å². The largest absolute Gasteiger partial charge is 0.367 e. The minimum absolute atomic E-state index is 0.153. The number of hydrogen-bond acceptors (Lipinski definition) is 1. The van der Waals surface area contributed by atoms with Crippen LogP contribution in [0.5, 0.6) is 0 Å². The Morgan fingerprint density at radius 3 is 2.17 bits per heavy atom. The Morgan fingerprint density at radius 1 is 1.06 bits per heavy atom. The maximum absolute atomic E-state index is 5.61. The summed E-state index contributed by atoms with van der Waals surface area (Å²) >= 11 is 0. The molecular weight excluding hydrogens is 220 g/mol. The topological polar surface area (TPSA) is 12.5 Å². The molecule has 0 aliphatic carbocycles. The van der Waals surface area contributed by atoms with Gasteiger partial charge in [0.1, 0.15) is 0 Å². The van der Waals surface area contributed by atoms with Gasteiger partial charge in [0.05, 0.1) is 11.7 Å². The number of epoxide rings is 1. The van der Waals surface area contributed by atoms with E-state index >= 15 is 0 Å². The second-order valence-corrected chi connectivity index (χ2v) is 6.18. The van der Waals surface area contributed by atoms with Gasteiger partial charge in [0.15, 0.2) is 0 Å². The second-order valence-electron chi connectivity index (χ2n) is 6.18. The van der Waals surface area contributed by atoms with Crippen LogP contribution in [0.25, 0.3) is 0 Å². The molecule has 0 bridgehead atoms. The fraction of sp³-hybridized carbons (Fsp3) is 0.765. The van der Waals surface area contributed by atoms with Crippen molar-refractivity contribution in [2.45, 2.75) is 84.8 Å². The van der Waals surface area contributed by atoms with E-state index < -0.39 is 0 Å². The molecule has 0 aromatic rings. The molecule has 1 atom stereocenters. The first-order chi connectivity index (χ1) is 8.45. The maximum Gasteiger partial charge on any atom is 0.0892 e. The van der Waals surface area contributed by atoms with Gasteiger partial charge >= 0.3 is 0 Å². The van der Waals surface area contributed by atoms with Crippen LogP contribution in [0.2, 0.25) is 0 Å². The van der Waals surface area contributed by atoms with Gasteiger partial charge in [-0.15, -0.1) is 0 Å². The molecule has 0 amide bonds. The SMILES string of the molecule is CCCC=C(C)CCC=C(C)CCC1OC1(C)C. The molecule has 0 aromatic carbocycles. The molecule has 18 heavy (non-hydrogen) atoms. The lowest BCUT2D eigenvalue weighted by Crippen LogP contribution is -2.02. The molecule has 1 heterocycles. The maximum atomic E-state index is 5.61. The van der Waals surface area contributed by atoms with Gasteiger partial charge in [0.25, 0.3) is 0 Å². The van der Waals surface area contributed by atoms with E-state index in [0.29, 0.717) is 6.10 Å². The van der Waals surface area contributed by atoms with E-state index in [4.69, 9.17) is 4.74 Å². The van der Waals surface area contributed by atoms with Crippen LogP contribution in [0.15, 0.2) is 23.3 Å². The minimum Gasteiger partial charge on any atom is -0.367 e. The van der Waals surface area contributed by atoms with Gasteiger partial charge in [-0.2, -0.15) is 0 Å². The molecule has 1 saturated heterocycles. The van der Waals surface area contributed by atoms with Gasteiger partial charge in [0, 0.05) is 0 Å². The molecule has 1 heteroatoms. The highest BCUT2D eigenvalue weighted by Gasteiger charge is 2.46. The van der Waals surface area contributed by atoms with Crippen molar-refractivity contribution >= 4 is 0 Å². The summed E-state index contributed by atoms with van der Waals surface area (Å²) in [6.45, 7) is 11.1. The lowest BCUT2D eigenvalue weighted by Gasteiger charge is -2.02. The van der Waals surface area contributed by atoms with Crippen molar-refractivity contribution in [3.8, 4) is 0 Å². The predicted molar refractivity (Wildman–Crippen MR) is 79.8 cm³/mol. The summed E-state index contributed by atoms with van der Waals surface area (Å²) in [4.78, 5) is 0. The molecule has 1 aliphatic rings. The van der Waals surface area contributed by atoms with Gasteiger partial charge in [-0.1, -0.05) is 36.6 Å². The lowest BCUT2D eigenvalue weighted by atomic mass is 10.0. The molecule has 0 aromatic heterocycles. The van der Waals surface area contributed by atoms with E-state index in [-0.39, 0.29) is 5.60 Å². The molecule has 1 fully saturated rings. The first kappa shape index (κ1) is 15.5. The average molecular weight is 250 g/mol. The standard InChI is InChI=1S/C17H30O/c1-6-7-9-14(2)10-8-11-15(3)12-13-16-17(4,5)18-16/h9,11,16H,6-8,10,12-13H2,1-5H3. The van der Waals surface area contributed by atoms with Crippen LogP contribution in [0.3, 0.4) is 0 Å².